The summed E-state index contributed by atoms with van der Waals surface area (Å²) < 4.78 is 12.1. The molecular weight excluding hydrogens is 238 g/mol. The zero-order chi connectivity index (χ0) is 12.8. The second-order valence-electron chi connectivity index (χ2n) is 3.88. The maximum Gasteiger partial charge on any atom is 0.272 e. The van der Waals surface area contributed by atoms with Gasteiger partial charge >= 0.3 is 0 Å². The molecule has 100 valence electrons. The Labute approximate surface area is 105 Å². The van der Waals surface area contributed by atoms with E-state index in [4.69, 9.17) is 14.6 Å². The Hall–Kier alpha value is -1.60. The highest BCUT2D eigenvalue weighted by molar-refractivity contribution is 5.92. The summed E-state index contributed by atoms with van der Waals surface area (Å²) in [7, 11) is 0. The summed E-state index contributed by atoms with van der Waals surface area (Å²) in [5.74, 6) is 0.399. The lowest BCUT2D eigenvalue weighted by Gasteiger charge is -2.13. The average Bonchev–Trinajstić information content (AvgIpc) is 2.82. The molecule has 0 bridgehead atoms. The van der Waals surface area contributed by atoms with Gasteiger partial charge in [0.1, 0.15) is 0 Å². The Kier molecular flexibility index (Phi) is 4.54. The molecular formula is C11H17N3O4. The quantitative estimate of drug-likeness (QED) is 0.663. The number of aliphatic hydroxyl groups is 1. The van der Waals surface area contributed by atoms with Crippen molar-refractivity contribution in [3.63, 3.8) is 0 Å². The van der Waals surface area contributed by atoms with Crippen LogP contribution in [0.25, 0.3) is 0 Å². The molecule has 0 atom stereocenters. The molecule has 0 spiro atoms. The first-order valence-corrected chi connectivity index (χ1v) is 5.98. The molecule has 7 nitrogen and oxygen atoms in total. The predicted molar refractivity (Wildman–Crippen MR) is 62.6 cm³/mol. The summed E-state index contributed by atoms with van der Waals surface area (Å²) in [6, 6.07) is 1.64. The molecule has 1 amide bonds. The van der Waals surface area contributed by atoms with Gasteiger partial charge in [-0.1, -0.05) is 0 Å². The zero-order valence-electron chi connectivity index (χ0n) is 10.1. The third kappa shape index (κ3) is 3.21. The number of nitrogens with zero attached hydrogens (tertiary/aromatic N) is 2. The van der Waals surface area contributed by atoms with Crippen LogP contribution in [-0.4, -0.2) is 53.8 Å². The summed E-state index contributed by atoms with van der Waals surface area (Å²) in [6.07, 6.45) is 0.907. The van der Waals surface area contributed by atoms with Crippen LogP contribution in [0.5, 0.6) is 5.88 Å². The van der Waals surface area contributed by atoms with E-state index in [9.17, 15) is 4.79 Å². The Morgan fingerprint density at radius 3 is 3.28 bits per heavy atom. The summed E-state index contributed by atoms with van der Waals surface area (Å²) in [5.41, 5.74) is 0.356. The van der Waals surface area contributed by atoms with E-state index in [1.807, 2.05) is 0 Å². The van der Waals surface area contributed by atoms with Crippen LogP contribution in [0.2, 0.25) is 0 Å². The van der Waals surface area contributed by atoms with Crippen molar-refractivity contribution in [3.8, 4) is 5.88 Å². The molecule has 2 N–H and O–H groups in total. The Morgan fingerprint density at radius 1 is 1.61 bits per heavy atom. The fraction of sp³-hybridized carbons (Fsp3) is 0.636. The lowest BCUT2D eigenvalue weighted by molar-refractivity contribution is 0.0834. The van der Waals surface area contributed by atoms with E-state index in [-0.39, 0.29) is 19.1 Å². The molecule has 0 aliphatic carbocycles. The topological polar surface area (TPSA) is 85.6 Å². The Balaban J connectivity index is 1.80. The molecule has 2 heterocycles. The van der Waals surface area contributed by atoms with Crippen LogP contribution in [0, 0.1) is 0 Å². The molecule has 0 unspecified atom stereocenters. The fourth-order valence-electron chi connectivity index (χ4n) is 1.67. The predicted octanol–water partition coefficient (Wildman–Crippen LogP) is -0.596. The molecule has 0 radical (unpaired) electrons. The number of fused-ring (bicyclic) bond motifs is 1. The van der Waals surface area contributed by atoms with Crippen LogP contribution in [0.3, 0.4) is 0 Å². The van der Waals surface area contributed by atoms with Crippen molar-refractivity contribution >= 4 is 5.91 Å². The van der Waals surface area contributed by atoms with Crippen molar-refractivity contribution in [1.29, 1.82) is 0 Å². The van der Waals surface area contributed by atoms with Gasteiger partial charge in [0, 0.05) is 25.6 Å². The molecule has 0 aromatic carbocycles. The third-order valence-corrected chi connectivity index (χ3v) is 2.51. The van der Waals surface area contributed by atoms with Gasteiger partial charge in [0.2, 0.25) is 5.88 Å². The van der Waals surface area contributed by atoms with Crippen molar-refractivity contribution in [2.24, 2.45) is 0 Å². The van der Waals surface area contributed by atoms with Crippen molar-refractivity contribution in [2.75, 3.05) is 33.0 Å². The number of aryl methyl sites for hydroxylation is 1. The van der Waals surface area contributed by atoms with Crippen molar-refractivity contribution in [2.45, 2.75) is 13.0 Å². The molecule has 7 heteroatoms. The zero-order valence-corrected chi connectivity index (χ0v) is 10.1. The van der Waals surface area contributed by atoms with Gasteiger partial charge in [0.15, 0.2) is 5.69 Å². The van der Waals surface area contributed by atoms with E-state index >= 15 is 0 Å². The van der Waals surface area contributed by atoms with Crippen LogP contribution in [0.1, 0.15) is 16.9 Å². The Bertz CT molecular complexity index is 381. The highest BCUT2D eigenvalue weighted by atomic mass is 16.5. The molecule has 2 rings (SSSR count). The number of nitrogens with one attached hydrogen (secondary N) is 1. The van der Waals surface area contributed by atoms with E-state index in [0.29, 0.717) is 31.3 Å². The molecule has 1 aliphatic heterocycles. The summed E-state index contributed by atoms with van der Waals surface area (Å²) in [5, 5.41) is 15.4. The van der Waals surface area contributed by atoms with Gasteiger partial charge < -0.3 is 19.9 Å². The van der Waals surface area contributed by atoms with Crippen molar-refractivity contribution in [3.05, 3.63) is 11.8 Å². The highest BCUT2D eigenvalue weighted by Crippen LogP contribution is 2.17. The summed E-state index contributed by atoms with van der Waals surface area (Å²) in [4.78, 5) is 11.7. The van der Waals surface area contributed by atoms with Gasteiger partial charge in [-0.05, 0) is 0 Å². The maximum atomic E-state index is 11.7. The second-order valence-corrected chi connectivity index (χ2v) is 3.88. The summed E-state index contributed by atoms with van der Waals surface area (Å²) in [6.45, 7) is 2.48. The van der Waals surface area contributed by atoms with Crippen molar-refractivity contribution < 1.29 is 19.4 Å². The maximum absolute atomic E-state index is 11.7. The monoisotopic (exact) mass is 255 g/mol. The normalized spacial score (nSPS) is 13.8. The minimum atomic E-state index is -0.243. The number of amides is 1. The number of aliphatic hydroxyl groups excluding tert-OH is 1. The van der Waals surface area contributed by atoms with Crippen LogP contribution in [0.4, 0.5) is 0 Å². The van der Waals surface area contributed by atoms with Gasteiger partial charge in [0.05, 0.1) is 26.4 Å². The fourth-order valence-corrected chi connectivity index (χ4v) is 1.67. The smallest absolute Gasteiger partial charge is 0.272 e. The number of hydrogen-bond acceptors (Lipinski definition) is 5. The Morgan fingerprint density at radius 2 is 2.50 bits per heavy atom. The van der Waals surface area contributed by atoms with E-state index in [0.717, 1.165) is 13.0 Å². The average molecular weight is 255 g/mol. The third-order valence-electron chi connectivity index (χ3n) is 2.51. The first-order valence-electron chi connectivity index (χ1n) is 5.98. The molecule has 0 saturated carbocycles. The number of ether oxygens (including phenoxy) is 2. The first kappa shape index (κ1) is 12.8. The van der Waals surface area contributed by atoms with E-state index < -0.39 is 0 Å². The largest absolute Gasteiger partial charge is 0.478 e. The number of carbonyl (C=O) groups is 1. The minimum absolute atomic E-state index is 0.0148. The van der Waals surface area contributed by atoms with Gasteiger partial charge in [0.25, 0.3) is 5.91 Å². The number of rotatable bonds is 6. The van der Waals surface area contributed by atoms with E-state index in [1.165, 1.54) is 0 Å². The van der Waals surface area contributed by atoms with Crippen LogP contribution >= 0.6 is 0 Å². The lowest BCUT2D eigenvalue weighted by atomic mass is 10.4. The number of aromatic nitrogens is 2. The summed E-state index contributed by atoms with van der Waals surface area (Å²) >= 11 is 0. The number of carbonyl (C=O) groups excluding carboxylic acids is 1. The highest BCUT2D eigenvalue weighted by Gasteiger charge is 2.17. The molecule has 0 fully saturated rings. The minimum Gasteiger partial charge on any atom is -0.478 e. The molecule has 18 heavy (non-hydrogen) atoms. The van der Waals surface area contributed by atoms with E-state index in [2.05, 4.69) is 10.4 Å². The SMILES string of the molecule is O=C(NCCOCCO)c1cc2n(n1)CCCO2. The lowest BCUT2D eigenvalue weighted by Crippen LogP contribution is -2.28. The van der Waals surface area contributed by atoms with Crippen LogP contribution < -0.4 is 10.1 Å². The molecule has 1 aromatic rings. The standard InChI is InChI=1S/C11H17N3O4/c15-4-7-17-6-2-12-11(16)9-8-10-14(13-9)3-1-5-18-10/h8,15H,1-7H2,(H,12,16). The van der Waals surface area contributed by atoms with Gasteiger partial charge in [-0.2, -0.15) is 5.10 Å². The van der Waals surface area contributed by atoms with Crippen LogP contribution in [-0.2, 0) is 11.3 Å². The number of hydrogen-bond donors (Lipinski definition) is 2. The molecule has 1 aliphatic rings. The second kappa shape index (κ2) is 6.36. The van der Waals surface area contributed by atoms with E-state index in [1.54, 1.807) is 10.7 Å². The van der Waals surface area contributed by atoms with Gasteiger partial charge in [-0.3, -0.25) is 4.79 Å². The van der Waals surface area contributed by atoms with Gasteiger partial charge in [-0.25, -0.2) is 4.68 Å². The molecule has 0 saturated heterocycles. The van der Waals surface area contributed by atoms with Gasteiger partial charge in [-0.15, -0.1) is 0 Å². The first-order chi connectivity index (χ1) is 8.81. The van der Waals surface area contributed by atoms with Crippen LogP contribution in [0.15, 0.2) is 6.07 Å². The molecule has 1 aromatic heterocycles. The van der Waals surface area contributed by atoms with Crippen molar-refractivity contribution in [1.82, 2.24) is 15.1 Å².